The molecular formula is C15H15NOS. The van der Waals surface area contributed by atoms with Crippen molar-refractivity contribution in [3.8, 4) is 0 Å². The Labute approximate surface area is 110 Å². The van der Waals surface area contributed by atoms with Crippen LogP contribution >= 0.6 is 11.3 Å². The van der Waals surface area contributed by atoms with Crippen LogP contribution in [0, 0.1) is 0 Å². The van der Waals surface area contributed by atoms with Crippen LogP contribution < -0.4 is 5.32 Å². The Bertz CT molecular complexity index is 627. The molecule has 2 heterocycles. The van der Waals surface area contributed by atoms with Crippen LogP contribution in [0.1, 0.15) is 23.4 Å². The second kappa shape index (κ2) is 4.96. The number of benzene rings is 1. The molecule has 0 aliphatic rings. The number of para-hydroxylation sites is 1. The molecule has 0 radical (unpaired) electrons. The van der Waals surface area contributed by atoms with Crippen molar-refractivity contribution in [3.63, 3.8) is 0 Å². The molecule has 1 unspecified atom stereocenters. The number of nitrogens with one attached hydrogen (secondary N) is 1. The molecule has 92 valence electrons. The molecule has 0 aliphatic heterocycles. The molecule has 3 heteroatoms. The van der Waals surface area contributed by atoms with Crippen LogP contribution in [0.25, 0.3) is 11.0 Å². The minimum atomic E-state index is 0.221. The van der Waals surface area contributed by atoms with Gasteiger partial charge in [0.05, 0.1) is 12.3 Å². The molecule has 0 spiro atoms. The first-order valence-electron chi connectivity index (χ1n) is 6.13. The van der Waals surface area contributed by atoms with Crippen molar-refractivity contribution in [2.24, 2.45) is 0 Å². The lowest BCUT2D eigenvalue weighted by atomic mass is 10.0. The van der Waals surface area contributed by atoms with E-state index in [1.54, 1.807) is 11.3 Å². The summed E-state index contributed by atoms with van der Waals surface area (Å²) < 4.78 is 5.64. The highest BCUT2D eigenvalue weighted by Gasteiger charge is 2.18. The maximum atomic E-state index is 5.64. The minimum absolute atomic E-state index is 0.221. The Morgan fingerprint density at radius 3 is 2.89 bits per heavy atom. The summed E-state index contributed by atoms with van der Waals surface area (Å²) in [6.45, 7) is 3.06. The number of hydrogen-bond donors (Lipinski definition) is 1. The number of thiophene rings is 1. The fraction of sp³-hybridized carbons (Fsp3) is 0.200. The van der Waals surface area contributed by atoms with E-state index in [-0.39, 0.29) is 6.04 Å². The van der Waals surface area contributed by atoms with Gasteiger partial charge in [-0.3, -0.25) is 0 Å². The zero-order valence-corrected chi connectivity index (χ0v) is 11.0. The van der Waals surface area contributed by atoms with Crippen molar-refractivity contribution in [1.82, 2.24) is 5.32 Å². The van der Waals surface area contributed by atoms with E-state index in [1.807, 2.05) is 18.4 Å². The first-order chi connectivity index (χ1) is 8.90. The summed E-state index contributed by atoms with van der Waals surface area (Å²) >= 11 is 1.77. The Morgan fingerprint density at radius 1 is 1.22 bits per heavy atom. The molecule has 1 N–H and O–H groups in total. The van der Waals surface area contributed by atoms with Crippen LogP contribution in [-0.4, -0.2) is 6.54 Å². The Morgan fingerprint density at radius 2 is 2.11 bits per heavy atom. The monoisotopic (exact) mass is 257 g/mol. The minimum Gasteiger partial charge on any atom is -0.464 e. The van der Waals surface area contributed by atoms with Crippen LogP contribution in [-0.2, 0) is 0 Å². The van der Waals surface area contributed by atoms with E-state index in [2.05, 4.69) is 41.9 Å². The summed E-state index contributed by atoms with van der Waals surface area (Å²) in [6, 6.07) is 12.7. The number of rotatable bonds is 4. The van der Waals surface area contributed by atoms with Gasteiger partial charge in [0, 0.05) is 15.8 Å². The topological polar surface area (TPSA) is 25.2 Å². The molecule has 0 bridgehead atoms. The largest absolute Gasteiger partial charge is 0.464 e. The van der Waals surface area contributed by atoms with Gasteiger partial charge < -0.3 is 9.73 Å². The third kappa shape index (κ3) is 1.96. The average molecular weight is 257 g/mol. The predicted octanol–water partition coefficient (Wildman–Crippen LogP) is 4.19. The van der Waals surface area contributed by atoms with Gasteiger partial charge in [0.1, 0.15) is 5.58 Å². The molecule has 1 atom stereocenters. The quantitative estimate of drug-likeness (QED) is 0.758. The molecule has 3 rings (SSSR count). The third-order valence-electron chi connectivity index (χ3n) is 3.06. The second-order valence-corrected chi connectivity index (χ2v) is 5.17. The van der Waals surface area contributed by atoms with E-state index in [0.717, 1.165) is 12.1 Å². The first-order valence-corrected chi connectivity index (χ1v) is 7.01. The lowest BCUT2D eigenvalue weighted by Gasteiger charge is -2.15. The summed E-state index contributed by atoms with van der Waals surface area (Å²) in [7, 11) is 0. The Hall–Kier alpha value is -1.58. The van der Waals surface area contributed by atoms with E-state index >= 15 is 0 Å². The van der Waals surface area contributed by atoms with Crippen molar-refractivity contribution in [2.75, 3.05) is 6.54 Å². The van der Waals surface area contributed by atoms with Gasteiger partial charge in [-0.25, -0.2) is 0 Å². The molecule has 1 aromatic carbocycles. The molecule has 0 aliphatic carbocycles. The molecule has 2 aromatic heterocycles. The predicted molar refractivity (Wildman–Crippen MR) is 76.1 cm³/mol. The maximum absolute atomic E-state index is 5.64. The van der Waals surface area contributed by atoms with Crippen molar-refractivity contribution >= 4 is 22.3 Å². The van der Waals surface area contributed by atoms with Crippen LogP contribution in [0.2, 0.25) is 0 Å². The molecule has 0 amide bonds. The Kier molecular flexibility index (Phi) is 3.17. The van der Waals surface area contributed by atoms with Crippen molar-refractivity contribution in [2.45, 2.75) is 13.0 Å². The van der Waals surface area contributed by atoms with Crippen molar-refractivity contribution in [3.05, 3.63) is 58.5 Å². The SMILES string of the molecule is CCNC(c1cccs1)c1coc2ccccc12. The number of hydrogen-bond acceptors (Lipinski definition) is 3. The molecule has 0 saturated heterocycles. The van der Waals surface area contributed by atoms with Crippen LogP contribution in [0.15, 0.2) is 52.5 Å². The highest BCUT2D eigenvalue weighted by molar-refractivity contribution is 7.10. The van der Waals surface area contributed by atoms with Gasteiger partial charge in [0.25, 0.3) is 0 Å². The lowest BCUT2D eigenvalue weighted by Crippen LogP contribution is -2.20. The van der Waals surface area contributed by atoms with Gasteiger partial charge in [-0.05, 0) is 24.1 Å². The van der Waals surface area contributed by atoms with E-state index in [9.17, 15) is 0 Å². The van der Waals surface area contributed by atoms with E-state index in [0.29, 0.717) is 0 Å². The molecular weight excluding hydrogens is 242 g/mol. The zero-order chi connectivity index (χ0) is 12.4. The molecule has 2 nitrogen and oxygen atoms in total. The van der Waals surface area contributed by atoms with Gasteiger partial charge in [0.2, 0.25) is 0 Å². The highest BCUT2D eigenvalue weighted by atomic mass is 32.1. The van der Waals surface area contributed by atoms with Crippen molar-refractivity contribution in [1.29, 1.82) is 0 Å². The molecule has 18 heavy (non-hydrogen) atoms. The number of furan rings is 1. The maximum Gasteiger partial charge on any atom is 0.134 e. The van der Waals surface area contributed by atoms with E-state index in [1.165, 1.54) is 15.8 Å². The van der Waals surface area contributed by atoms with Gasteiger partial charge in [-0.15, -0.1) is 11.3 Å². The van der Waals surface area contributed by atoms with Crippen molar-refractivity contribution < 1.29 is 4.42 Å². The smallest absolute Gasteiger partial charge is 0.134 e. The normalized spacial score (nSPS) is 12.9. The standard InChI is InChI=1S/C15H15NOS/c1-2-16-15(14-8-5-9-18-14)12-10-17-13-7-4-3-6-11(12)13/h3-10,15-16H,2H2,1H3. The first kappa shape index (κ1) is 11.5. The highest BCUT2D eigenvalue weighted by Crippen LogP contribution is 2.32. The summed E-state index contributed by atoms with van der Waals surface area (Å²) in [6.07, 6.45) is 1.87. The summed E-state index contributed by atoms with van der Waals surface area (Å²) in [5.41, 5.74) is 2.17. The summed E-state index contributed by atoms with van der Waals surface area (Å²) in [5, 5.41) is 6.83. The van der Waals surface area contributed by atoms with E-state index < -0.39 is 0 Å². The second-order valence-electron chi connectivity index (χ2n) is 4.19. The summed E-state index contributed by atoms with van der Waals surface area (Å²) in [4.78, 5) is 1.32. The zero-order valence-electron chi connectivity index (χ0n) is 10.2. The average Bonchev–Trinajstić information content (AvgIpc) is 3.06. The van der Waals surface area contributed by atoms with E-state index in [4.69, 9.17) is 4.42 Å². The van der Waals surface area contributed by atoms with Gasteiger partial charge in [0.15, 0.2) is 0 Å². The lowest BCUT2D eigenvalue weighted by molar-refractivity contribution is 0.588. The van der Waals surface area contributed by atoms with Crippen LogP contribution in [0.4, 0.5) is 0 Å². The summed E-state index contributed by atoms with van der Waals surface area (Å²) in [5.74, 6) is 0. The molecule has 0 fully saturated rings. The number of fused-ring (bicyclic) bond motifs is 1. The third-order valence-corrected chi connectivity index (χ3v) is 4.00. The molecule has 0 saturated carbocycles. The fourth-order valence-corrected chi connectivity index (χ4v) is 3.06. The fourth-order valence-electron chi connectivity index (χ4n) is 2.25. The van der Waals surface area contributed by atoms with Gasteiger partial charge >= 0.3 is 0 Å². The van der Waals surface area contributed by atoms with Crippen LogP contribution in [0.3, 0.4) is 0 Å². The Balaban J connectivity index is 2.10. The molecule has 3 aromatic rings. The van der Waals surface area contributed by atoms with Gasteiger partial charge in [-0.1, -0.05) is 31.2 Å². The van der Waals surface area contributed by atoms with Crippen LogP contribution in [0.5, 0.6) is 0 Å². The van der Waals surface area contributed by atoms with Gasteiger partial charge in [-0.2, -0.15) is 0 Å².